The Hall–Kier alpha value is -2.96. The lowest BCUT2D eigenvalue weighted by molar-refractivity contribution is 0.0981. The molecule has 1 saturated heterocycles. The highest BCUT2D eigenvalue weighted by Crippen LogP contribution is 2.49. The van der Waals surface area contributed by atoms with E-state index < -0.39 is 22.1 Å². The molecule has 5 nitrogen and oxygen atoms in total. The third-order valence-corrected chi connectivity index (χ3v) is 7.02. The lowest BCUT2D eigenvalue weighted by Gasteiger charge is -2.08. The molecule has 0 amide bonds. The first-order valence-electron chi connectivity index (χ1n) is 9.27. The van der Waals surface area contributed by atoms with Crippen molar-refractivity contribution in [2.75, 3.05) is 7.11 Å². The molecule has 3 aromatic rings. The maximum absolute atomic E-state index is 13.3. The minimum absolute atomic E-state index is 0.185. The van der Waals surface area contributed by atoms with Gasteiger partial charge in [-0.25, -0.2) is 8.42 Å². The maximum atomic E-state index is 13.3. The van der Waals surface area contributed by atoms with E-state index in [-0.39, 0.29) is 10.7 Å². The summed E-state index contributed by atoms with van der Waals surface area (Å²) in [5, 5.41) is 0. The number of aryl methyl sites for hydroxylation is 1. The van der Waals surface area contributed by atoms with E-state index in [9.17, 15) is 13.2 Å². The Morgan fingerprint density at radius 3 is 2.10 bits per heavy atom. The molecule has 0 aromatic heterocycles. The third kappa shape index (κ3) is 3.57. The SMILES string of the molecule is COc1ccc([C@@H]2[C@@H](C(=O)c3ccccc3)N2S(=O)(=O)c2ccc(C)cc2)cc1. The number of carbonyl (C=O) groups is 1. The van der Waals surface area contributed by atoms with Gasteiger partial charge in [-0.3, -0.25) is 4.79 Å². The molecule has 0 N–H and O–H groups in total. The van der Waals surface area contributed by atoms with Crippen LogP contribution in [0.5, 0.6) is 5.75 Å². The van der Waals surface area contributed by atoms with Crippen LogP contribution in [0.4, 0.5) is 0 Å². The van der Waals surface area contributed by atoms with Gasteiger partial charge >= 0.3 is 0 Å². The monoisotopic (exact) mass is 407 g/mol. The van der Waals surface area contributed by atoms with Crippen molar-refractivity contribution in [3.63, 3.8) is 0 Å². The van der Waals surface area contributed by atoms with Crippen LogP contribution in [0.2, 0.25) is 0 Å². The van der Waals surface area contributed by atoms with Crippen molar-refractivity contribution in [2.45, 2.75) is 23.9 Å². The molecule has 148 valence electrons. The topological polar surface area (TPSA) is 63.5 Å². The summed E-state index contributed by atoms with van der Waals surface area (Å²) in [6.07, 6.45) is 0. The van der Waals surface area contributed by atoms with E-state index >= 15 is 0 Å². The lowest BCUT2D eigenvalue weighted by Crippen LogP contribution is -2.19. The van der Waals surface area contributed by atoms with Crippen LogP contribution in [0.15, 0.2) is 83.8 Å². The van der Waals surface area contributed by atoms with Crippen LogP contribution >= 0.6 is 0 Å². The predicted molar refractivity (Wildman–Crippen MR) is 110 cm³/mol. The summed E-state index contributed by atoms with van der Waals surface area (Å²) in [5.41, 5.74) is 2.23. The predicted octanol–water partition coefficient (Wildman–Crippen LogP) is 4.00. The second-order valence-electron chi connectivity index (χ2n) is 7.04. The number of carbonyl (C=O) groups excluding carboxylic acids is 1. The summed E-state index contributed by atoms with van der Waals surface area (Å²) < 4.78 is 33.1. The van der Waals surface area contributed by atoms with Crippen molar-refractivity contribution in [1.29, 1.82) is 0 Å². The molecular formula is C23H21NO4S. The Kier molecular flexibility index (Phi) is 4.98. The average molecular weight is 407 g/mol. The normalized spacial score (nSPS) is 20.8. The fourth-order valence-corrected chi connectivity index (χ4v) is 5.22. The Labute approximate surface area is 170 Å². The van der Waals surface area contributed by atoms with Crippen LogP contribution in [-0.2, 0) is 10.0 Å². The van der Waals surface area contributed by atoms with Crippen molar-refractivity contribution in [1.82, 2.24) is 4.31 Å². The summed E-state index contributed by atoms with van der Waals surface area (Å²) >= 11 is 0. The molecule has 3 atom stereocenters. The van der Waals surface area contributed by atoms with Gasteiger partial charge in [0.2, 0.25) is 10.0 Å². The standard InChI is InChI=1S/C23H21NO4S/c1-16-8-14-20(15-9-16)29(26,27)24-21(17-10-12-19(28-2)13-11-17)22(24)23(25)18-6-4-3-5-7-18/h3-15,21-22H,1-2H3/t21-,22+,24?/m1/s1. The van der Waals surface area contributed by atoms with E-state index in [4.69, 9.17) is 4.74 Å². The molecule has 1 unspecified atom stereocenters. The van der Waals surface area contributed by atoms with Crippen LogP contribution in [0, 0.1) is 6.92 Å². The van der Waals surface area contributed by atoms with Gasteiger partial charge < -0.3 is 4.74 Å². The first kappa shape index (κ1) is 19.4. The van der Waals surface area contributed by atoms with E-state index in [1.54, 1.807) is 79.9 Å². The molecule has 1 aliphatic heterocycles. The van der Waals surface area contributed by atoms with Gasteiger partial charge in [-0.1, -0.05) is 60.2 Å². The van der Waals surface area contributed by atoms with Crippen LogP contribution < -0.4 is 4.74 Å². The van der Waals surface area contributed by atoms with Crippen LogP contribution in [0.1, 0.15) is 27.5 Å². The fourth-order valence-electron chi connectivity index (χ4n) is 3.50. The number of hydrogen-bond acceptors (Lipinski definition) is 4. The van der Waals surface area contributed by atoms with Gasteiger partial charge in [0.1, 0.15) is 11.8 Å². The molecule has 1 aliphatic rings. The molecule has 0 radical (unpaired) electrons. The van der Waals surface area contributed by atoms with Gasteiger partial charge in [-0.15, -0.1) is 0 Å². The number of benzene rings is 3. The number of ketones is 1. The van der Waals surface area contributed by atoms with Crippen molar-refractivity contribution < 1.29 is 17.9 Å². The summed E-state index contributed by atoms with van der Waals surface area (Å²) in [6, 6.07) is 21.3. The number of nitrogens with zero attached hydrogens (tertiary/aromatic N) is 1. The summed E-state index contributed by atoms with van der Waals surface area (Å²) in [5.74, 6) is 0.468. The second kappa shape index (κ2) is 7.46. The fraction of sp³-hybridized carbons (Fsp3) is 0.174. The van der Waals surface area contributed by atoms with E-state index in [1.807, 2.05) is 13.0 Å². The number of ether oxygens (including phenoxy) is 1. The third-order valence-electron chi connectivity index (χ3n) is 5.14. The van der Waals surface area contributed by atoms with Crippen molar-refractivity contribution in [3.05, 3.63) is 95.6 Å². The van der Waals surface area contributed by atoms with E-state index in [1.165, 1.54) is 4.31 Å². The van der Waals surface area contributed by atoms with Gasteiger partial charge in [0, 0.05) is 5.56 Å². The number of sulfonamides is 1. The quantitative estimate of drug-likeness (QED) is 0.458. The van der Waals surface area contributed by atoms with Crippen molar-refractivity contribution >= 4 is 15.8 Å². The van der Waals surface area contributed by atoms with Gasteiger partial charge in [-0.05, 0) is 36.8 Å². The Bertz CT molecular complexity index is 1120. The molecule has 0 aliphatic carbocycles. The highest BCUT2D eigenvalue weighted by Gasteiger charge is 2.60. The minimum Gasteiger partial charge on any atom is -0.497 e. The van der Waals surface area contributed by atoms with Crippen LogP contribution in [-0.4, -0.2) is 31.7 Å². The van der Waals surface area contributed by atoms with Gasteiger partial charge in [0.25, 0.3) is 0 Å². The van der Waals surface area contributed by atoms with Gasteiger partial charge in [-0.2, -0.15) is 4.31 Å². The van der Waals surface area contributed by atoms with Crippen LogP contribution in [0.25, 0.3) is 0 Å². The lowest BCUT2D eigenvalue weighted by atomic mass is 10.0. The smallest absolute Gasteiger partial charge is 0.244 e. The second-order valence-corrected chi connectivity index (χ2v) is 8.88. The number of hydrogen-bond donors (Lipinski definition) is 0. The molecular weight excluding hydrogens is 386 g/mol. The molecule has 6 heteroatoms. The van der Waals surface area contributed by atoms with Crippen LogP contribution in [0.3, 0.4) is 0 Å². The largest absolute Gasteiger partial charge is 0.497 e. The minimum atomic E-state index is -3.82. The van der Waals surface area contributed by atoms with E-state index in [0.29, 0.717) is 11.3 Å². The zero-order chi connectivity index (χ0) is 20.6. The number of methoxy groups -OCH3 is 1. The molecule has 4 rings (SSSR count). The Morgan fingerprint density at radius 1 is 0.897 bits per heavy atom. The molecule has 1 heterocycles. The Morgan fingerprint density at radius 2 is 1.52 bits per heavy atom. The summed E-state index contributed by atoms with van der Waals surface area (Å²) in [6.45, 7) is 1.90. The number of rotatable bonds is 6. The maximum Gasteiger partial charge on any atom is 0.244 e. The molecule has 3 aromatic carbocycles. The van der Waals surface area contributed by atoms with Gasteiger partial charge in [0.15, 0.2) is 5.78 Å². The van der Waals surface area contributed by atoms with Crippen molar-refractivity contribution in [2.24, 2.45) is 0 Å². The highest BCUT2D eigenvalue weighted by atomic mass is 32.2. The van der Waals surface area contributed by atoms with Gasteiger partial charge in [0.05, 0.1) is 18.0 Å². The average Bonchev–Trinajstić information content (AvgIpc) is 3.51. The molecule has 0 spiro atoms. The zero-order valence-electron chi connectivity index (χ0n) is 16.1. The molecule has 1 fully saturated rings. The Balaban J connectivity index is 1.74. The first-order valence-corrected chi connectivity index (χ1v) is 10.7. The first-order chi connectivity index (χ1) is 13.9. The van der Waals surface area contributed by atoms with Crippen molar-refractivity contribution in [3.8, 4) is 5.75 Å². The van der Waals surface area contributed by atoms with E-state index in [2.05, 4.69) is 0 Å². The summed E-state index contributed by atoms with van der Waals surface area (Å²) in [4.78, 5) is 13.3. The highest BCUT2D eigenvalue weighted by molar-refractivity contribution is 7.89. The number of Topliss-reactive ketones (excluding diaryl/α,β-unsaturated/α-hetero) is 1. The molecule has 29 heavy (non-hydrogen) atoms. The van der Waals surface area contributed by atoms with E-state index in [0.717, 1.165) is 11.1 Å². The zero-order valence-corrected chi connectivity index (χ0v) is 17.0. The summed E-state index contributed by atoms with van der Waals surface area (Å²) in [7, 11) is -2.25. The molecule has 0 saturated carbocycles. The molecule has 0 bridgehead atoms.